The van der Waals surface area contributed by atoms with Crippen LogP contribution in [0.1, 0.15) is 32.1 Å². The molecule has 3 rings (SSSR count). The largest absolute Gasteiger partial charge is 0.313 e. The van der Waals surface area contributed by atoms with Gasteiger partial charge in [-0.25, -0.2) is 18.1 Å². The number of carbonyl (C=O) groups excluding carboxylic acids is 1. The molecule has 0 fully saturated rings. The van der Waals surface area contributed by atoms with E-state index in [9.17, 15) is 13.2 Å². The normalized spacial score (nSPS) is 11.0. The Morgan fingerprint density at radius 3 is 2.50 bits per heavy atom. The van der Waals surface area contributed by atoms with E-state index in [2.05, 4.69) is 17.1 Å². The molecular weight excluding hydrogens is 420 g/mol. The van der Waals surface area contributed by atoms with Gasteiger partial charge in [-0.2, -0.15) is 5.26 Å². The zero-order chi connectivity index (χ0) is 21.9. The number of anilines is 2. The number of thiazole rings is 1. The van der Waals surface area contributed by atoms with E-state index in [0.29, 0.717) is 22.1 Å². The second-order valence-corrected chi connectivity index (χ2v) is 9.77. The van der Waals surface area contributed by atoms with Gasteiger partial charge >= 0.3 is 0 Å². The van der Waals surface area contributed by atoms with Gasteiger partial charge in [-0.1, -0.05) is 29.8 Å². The van der Waals surface area contributed by atoms with Crippen LogP contribution in [0.15, 0.2) is 48.5 Å². The summed E-state index contributed by atoms with van der Waals surface area (Å²) in [7, 11) is -3.69. The Morgan fingerprint density at radius 1 is 1.20 bits per heavy atom. The van der Waals surface area contributed by atoms with E-state index in [-0.39, 0.29) is 5.69 Å². The molecule has 0 atom stereocenters. The van der Waals surface area contributed by atoms with E-state index >= 15 is 0 Å². The summed E-state index contributed by atoms with van der Waals surface area (Å²) in [6.45, 7) is 4.23. The lowest BCUT2D eigenvalue weighted by atomic mass is 10.1. The minimum atomic E-state index is -3.69. The van der Waals surface area contributed by atoms with E-state index < -0.39 is 15.9 Å². The minimum Gasteiger partial charge on any atom is -0.313 e. The molecule has 1 aromatic heterocycles. The second kappa shape index (κ2) is 8.65. The molecule has 30 heavy (non-hydrogen) atoms. The topological polar surface area (TPSA) is 103 Å². The quantitative estimate of drug-likeness (QED) is 0.627. The average molecular weight is 441 g/mol. The van der Waals surface area contributed by atoms with Gasteiger partial charge in [0.25, 0.3) is 5.91 Å². The number of nitriles is 1. The molecule has 0 saturated carbocycles. The number of aromatic nitrogens is 1. The van der Waals surface area contributed by atoms with Gasteiger partial charge in [0, 0.05) is 10.6 Å². The van der Waals surface area contributed by atoms with Crippen molar-refractivity contribution in [1.82, 2.24) is 9.71 Å². The fourth-order valence-corrected chi connectivity index (χ4v) is 4.26. The summed E-state index contributed by atoms with van der Waals surface area (Å²) in [5.41, 5.74) is 3.59. The Labute approximate surface area is 179 Å². The third-order valence-electron chi connectivity index (χ3n) is 4.24. The van der Waals surface area contributed by atoms with Crippen molar-refractivity contribution in [3.05, 3.63) is 75.8 Å². The first-order chi connectivity index (χ1) is 14.2. The summed E-state index contributed by atoms with van der Waals surface area (Å²) < 4.78 is 24.8. The molecular formula is C21H20N4O3S2. The molecule has 0 aliphatic heterocycles. The van der Waals surface area contributed by atoms with Crippen molar-refractivity contribution >= 4 is 38.1 Å². The van der Waals surface area contributed by atoms with Crippen LogP contribution in [-0.4, -0.2) is 25.6 Å². The molecule has 0 aliphatic rings. The molecule has 1 heterocycles. The number of hydrogen-bond donors (Lipinski definition) is 1. The second-order valence-electron chi connectivity index (χ2n) is 6.84. The highest BCUT2D eigenvalue weighted by atomic mass is 32.2. The standard InChI is InChI=1S/C21H20N4O3S2/c1-14-5-4-6-17(11-14)13-25(18-9-7-16(12-22)8-10-18)21-23-19(15(2)29-21)20(26)24-30(3,27)28/h4-11H,13H2,1-3H3,(H,24,26). The highest BCUT2D eigenvalue weighted by Crippen LogP contribution is 2.33. The number of benzene rings is 2. The lowest BCUT2D eigenvalue weighted by molar-refractivity contribution is 0.0977. The van der Waals surface area contributed by atoms with Crippen LogP contribution in [0.25, 0.3) is 0 Å². The zero-order valence-electron chi connectivity index (χ0n) is 16.7. The molecule has 0 bridgehead atoms. The summed E-state index contributed by atoms with van der Waals surface area (Å²) in [5, 5.41) is 9.63. The average Bonchev–Trinajstić information content (AvgIpc) is 3.06. The van der Waals surface area contributed by atoms with Gasteiger partial charge in [0.15, 0.2) is 5.13 Å². The highest BCUT2D eigenvalue weighted by molar-refractivity contribution is 7.89. The molecule has 0 saturated heterocycles. The van der Waals surface area contributed by atoms with Crippen LogP contribution >= 0.6 is 11.3 Å². The summed E-state index contributed by atoms with van der Waals surface area (Å²) in [5.74, 6) is -0.757. The monoisotopic (exact) mass is 440 g/mol. The predicted molar refractivity (Wildman–Crippen MR) is 117 cm³/mol. The summed E-state index contributed by atoms with van der Waals surface area (Å²) >= 11 is 1.30. The first-order valence-electron chi connectivity index (χ1n) is 8.99. The van der Waals surface area contributed by atoms with E-state index in [0.717, 1.165) is 23.1 Å². The summed E-state index contributed by atoms with van der Waals surface area (Å²) in [6, 6.07) is 17.2. The number of nitrogens with zero attached hydrogens (tertiary/aromatic N) is 3. The Balaban J connectivity index is 2.02. The van der Waals surface area contributed by atoms with Crippen LogP contribution in [0.5, 0.6) is 0 Å². The van der Waals surface area contributed by atoms with Gasteiger partial charge in [-0.3, -0.25) is 4.79 Å². The SMILES string of the molecule is Cc1cccc(CN(c2ccc(C#N)cc2)c2nc(C(=O)NS(C)(=O)=O)c(C)s2)c1. The van der Waals surface area contributed by atoms with Crippen molar-refractivity contribution in [2.24, 2.45) is 0 Å². The Morgan fingerprint density at radius 2 is 1.90 bits per heavy atom. The number of carbonyl (C=O) groups is 1. The molecule has 0 spiro atoms. The Bertz CT molecular complexity index is 1230. The Hall–Kier alpha value is -3.22. The lowest BCUT2D eigenvalue weighted by Crippen LogP contribution is -2.30. The predicted octanol–water partition coefficient (Wildman–Crippen LogP) is 3.66. The molecule has 154 valence electrons. The lowest BCUT2D eigenvalue weighted by Gasteiger charge is -2.22. The fourth-order valence-electron chi connectivity index (χ4n) is 2.90. The number of aryl methyl sites for hydroxylation is 2. The molecule has 7 nitrogen and oxygen atoms in total. The Kier molecular flexibility index (Phi) is 6.20. The number of sulfonamides is 1. The van der Waals surface area contributed by atoms with Crippen LogP contribution in [0.4, 0.5) is 10.8 Å². The molecule has 9 heteroatoms. The maximum absolute atomic E-state index is 12.3. The van der Waals surface area contributed by atoms with E-state index in [1.54, 1.807) is 19.1 Å². The van der Waals surface area contributed by atoms with Gasteiger partial charge in [0.2, 0.25) is 10.0 Å². The van der Waals surface area contributed by atoms with Crippen LogP contribution < -0.4 is 9.62 Å². The van der Waals surface area contributed by atoms with Crippen LogP contribution in [0.3, 0.4) is 0 Å². The fraction of sp³-hybridized carbons (Fsp3) is 0.190. The number of amides is 1. The van der Waals surface area contributed by atoms with E-state index in [4.69, 9.17) is 5.26 Å². The first kappa shape index (κ1) is 21.5. The summed E-state index contributed by atoms with van der Waals surface area (Å²) in [4.78, 5) is 19.3. The van der Waals surface area contributed by atoms with Crippen LogP contribution in [0, 0.1) is 25.2 Å². The zero-order valence-corrected chi connectivity index (χ0v) is 18.3. The third kappa shape index (κ3) is 5.23. The number of rotatable bonds is 6. The molecule has 3 aromatic rings. The van der Waals surface area contributed by atoms with Crippen molar-refractivity contribution < 1.29 is 13.2 Å². The van der Waals surface area contributed by atoms with Crippen molar-refractivity contribution in [3.8, 4) is 6.07 Å². The van der Waals surface area contributed by atoms with Gasteiger partial charge in [0.1, 0.15) is 5.69 Å². The summed E-state index contributed by atoms with van der Waals surface area (Å²) in [6.07, 6.45) is 0.925. The van der Waals surface area contributed by atoms with Gasteiger partial charge in [-0.15, -0.1) is 11.3 Å². The molecule has 0 aliphatic carbocycles. The molecule has 0 radical (unpaired) electrons. The van der Waals surface area contributed by atoms with Gasteiger partial charge < -0.3 is 4.90 Å². The van der Waals surface area contributed by atoms with Crippen molar-refractivity contribution in [2.45, 2.75) is 20.4 Å². The number of nitrogens with one attached hydrogen (secondary N) is 1. The van der Waals surface area contributed by atoms with E-state index in [1.165, 1.54) is 11.3 Å². The molecule has 2 aromatic carbocycles. The van der Waals surface area contributed by atoms with Crippen LogP contribution in [-0.2, 0) is 16.6 Å². The minimum absolute atomic E-state index is 0.0725. The maximum Gasteiger partial charge on any atom is 0.284 e. The van der Waals surface area contributed by atoms with Crippen molar-refractivity contribution in [2.75, 3.05) is 11.2 Å². The van der Waals surface area contributed by atoms with Gasteiger partial charge in [0.05, 0.1) is 24.4 Å². The van der Waals surface area contributed by atoms with Crippen molar-refractivity contribution in [1.29, 1.82) is 5.26 Å². The van der Waals surface area contributed by atoms with E-state index in [1.807, 2.05) is 46.9 Å². The van der Waals surface area contributed by atoms with Gasteiger partial charge in [-0.05, 0) is 43.7 Å². The maximum atomic E-state index is 12.3. The van der Waals surface area contributed by atoms with Crippen LogP contribution in [0.2, 0.25) is 0 Å². The third-order valence-corrected chi connectivity index (χ3v) is 5.79. The molecule has 1 N–H and O–H groups in total. The molecule has 1 amide bonds. The number of hydrogen-bond acceptors (Lipinski definition) is 7. The first-order valence-corrected chi connectivity index (χ1v) is 11.7. The van der Waals surface area contributed by atoms with Crippen molar-refractivity contribution in [3.63, 3.8) is 0 Å². The highest BCUT2D eigenvalue weighted by Gasteiger charge is 2.22. The molecule has 0 unspecified atom stereocenters. The smallest absolute Gasteiger partial charge is 0.284 e.